The summed E-state index contributed by atoms with van der Waals surface area (Å²) in [6.07, 6.45) is 10.2. The average molecular weight is 409 g/mol. The second-order valence-corrected chi connectivity index (χ2v) is 9.20. The van der Waals surface area contributed by atoms with Crippen molar-refractivity contribution in [2.24, 2.45) is 0 Å². The van der Waals surface area contributed by atoms with Crippen molar-refractivity contribution < 1.29 is 4.79 Å². The summed E-state index contributed by atoms with van der Waals surface area (Å²) in [7, 11) is 0. The number of aryl methyl sites for hydroxylation is 1. The maximum Gasteiger partial charge on any atom is 0.255 e. The molecule has 0 spiro atoms. The summed E-state index contributed by atoms with van der Waals surface area (Å²) in [5, 5.41) is 8.01. The van der Waals surface area contributed by atoms with Crippen molar-refractivity contribution in [3.8, 4) is 0 Å². The highest BCUT2D eigenvalue weighted by Gasteiger charge is 2.38. The summed E-state index contributed by atoms with van der Waals surface area (Å²) in [6.45, 7) is 7.78. The first kappa shape index (κ1) is 21.1. The van der Waals surface area contributed by atoms with E-state index >= 15 is 0 Å². The third kappa shape index (κ3) is 4.46. The van der Waals surface area contributed by atoms with E-state index in [1.54, 1.807) is 0 Å². The van der Waals surface area contributed by atoms with Crippen LogP contribution in [0.1, 0.15) is 78.7 Å². The molecule has 2 heterocycles. The molecule has 1 amide bonds. The minimum Gasteiger partial charge on any atom is -0.350 e. The normalized spacial score (nSPS) is 19.5. The lowest BCUT2D eigenvalue weighted by Gasteiger charge is -2.48. The van der Waals surface area contributed by atoms with Crippen LogP contribution < -0.4 is 5.32 Å². The van der Waals surface area contributed by atoms with Gasteiger partial charge in [0.1, 0.15) is 0 Å². The van der Waals surface area contributed by atoms with Gasteiger partial charge in [-0.15, -0.1) is 0 Å². The number of amides is 1. The number of benzene rings is 1. The zero-order chi connectivity index (χ0) is 21.0. The Morgan fingerprint density at radius 3 is 2.37 bits per heavy atom. The van der Waals surface area contributed by atoms with E-state index in [1.165, 1.54) is 70.0 Å². The lowest BCUT2D eigenvalue weighted by molar-refractivity contribution is 0.0326. The van der Waals surface area contributed by atoms with Crippen LogP contribution in [0.5, 0.6) is 0 Å². The first-order valence-corrected chi connectivity index (χ1v) is 11.7. The van der Waals surface area contributed by atoms with Crippen LogP contribution >= 0.6 is 0 Å². The van der Waals surface area contributed by atoms with Gasteiger partial charge in [-0.3, -0.25) is 14.4 Å². The highest BCUT2D eigenvalue weighted by atomic mass is 16.1. The van der Waals surface area contributed by atoms with Gasteiger partial charge in [-0.1, -0.05) is 56.0 Å². The fourth-order valence-electron chi connectivity index (χ4n) is 5.45. The SMILES string of the molecule is Cc1nn(Cc2ccccc2)c(C)c1C(=O)NCC1(N2CCCCC2)CCCCC1. The molecular weight excluding hydrogens is 372 g/mol. The van der Waals surface area contributed by atoms with Gasteiger partial charge in [0.2, 0.25) is 0 Å². The summed E-state index contributed by atoms with van der Waals surface area (Å²) < 4.78 is 1.96. The molecule has 162 valence electrons. The van der Waals surface area contributed by atoms with E-state index in [0.717, 1.165) is 23.5 Å². The molecule has 4 rings (SSSR count). The first-order valence-electron chi connectivity index (χ1n) is 11.7. The lowest BCUT2D eigenvalue weighted by atomic mass is 9.79. The van der Waals surface area contributed by atoms with Gasteiger partial charge in [0, 0.05) is 17.8 Å². The van der Waals surface area contributed by atoms with Crippen LogP contribution in [0, 0.1) is 13.8 Å². The monoisotopic (exact) mass is 408 g/mol. The maximum atomic E-state index is 13.2. The average Bonchev–Trinajstić information content (AvgIpc) is 3.07. The zero-order valence-corrected chi connectivity index (χ0v) is 18.6. The molecule has 30 heavy (non-hydrogen) atoms. The van der Waals surface area contributed by atoms with Gasteiger partial charge in [0.05, 0.1) is 17.8 Å². The molecule has 2 fully saturated rings. The molecule has 5 heteroatoms. The standard InChI is InChI=1S/C25H36N4O/c1-20-23(21(2)29(27-20)18-22-12-6-3-7-13-22)24(30)26-19-25(14-8-4-9-15-25)28-16-10-5-11-17-28/h3,6-7,12-13H,4-5,8-11,14-19H2,1-2H3,(H,26,30). The van der Waals surface area contributed by atoms with Gasteiger partial charge in [0.25, 0.3) is 5.91 Å². The summed E-state index contributed by atoms with van der Waals surface area (Å²) in [6, 6.07) is 10.3. The Morgan fingerprint density at radius 2 is 1.67 bits per heavy atom. The molecule has 2 aromatic rings. The van der Waals surface area contributed by atoms with E-state index in [9.17, 15) is 4.79 Å². The number of hydrogen-bond donors (Lipinski definition) is 1. The Bertz CT molecular complexity index is 846. The van der Waals surface area contributed by atoms with Crippen LogP contribution in [-0.2, 0) is 6.54 Å². The molecule has 0 atom stereocenters. The number of likely N-dealkylation sites (tertiary alicyclic amines) is 1. The van der Waals surface area contributed by atoms with Crippen molar-refractivity contribution in [1.82, 2.24) is 20.0 Å². The smallest absolute Gasteiger partial charge is 0.255 e. The molecule has 2 aliphatic rings. The van der Waals surface area contributed by atoms with Gasteiger partial charge in [0.15, 0.2) is 0 Å². The number of carbonyl (C=O) groups is 1. The number of piperidine rings is 1. The second kappa shape index (κ2) is 9.34. The highest BCUT2D eigenvalue weighted by molar-refractivity contribution is 5.96. The van der Waals surface area contributed by atoms with Crippen LogP contribution in [0.3, 0.4) is 0 Å². The Morgan fingerprint density at radius 1 is 1.00 bits per heavy atom. The molecular formula is C25H36N4O. The Kier molecular flexibility index (Phi) is 6.57. The third-order valence-corrected chi connectivity index (χ3v) is 7.17. The maximum absolute atomic E-state index is 13.2. The van der Waals surface area contributed by atoms with Gasteiger partial charge in [-0.2, -0.15) is 5.10 Å². The molecule has 1 aromatic carbocycles. The van der Waals surface area contributed by atoms with Crippen LogP contribution in [0.25, 0.3) is 0 Å². The molecule has 0 radical (unpaired) electrons. The second-order valence-electron chi connectivity index (χ2n) is 9.20. The zero-order valence-electron chi connectivity index (χ0n) is 18.6. The van der Waals surface area contributed by atoms with Crippen molar-refractivity contribution in [1.29, 1.82) is 0 Å². The molecule has 1 aromatic heterocycles. The van der Waals surface area contributed by atoms with Crippen molar-refractivity contribution in [2.75, 3.05) is 19.6 Å². The molecule has 5 nitrogen and oxygen atoms in total. The van der Waals surface area contributed by atoms with Crippen molar-refractivity contribution in [3.05, 3.63) is 52.8 Å². The third-order valence-electron chi connectivity index (χ3n) is 7.17. The van der Waals surface area contributed by atoms with Crippen molar-refractivity contribution in [2.45, 2.75) is 77.3 Å². The molecule has 1 N–H and O–H groups in total. The molecule has 1 aliphatic heterocycles. The summed E-state index contributed by atoms with van der Waals surface area (Å²) in [4.78, 5) is 15.9. The topological polar surface area (TPSA) is 50.2 Å². The van der Waals surface area contributed by atoms with Crippen LogP contribution in [0.4, 0.5) is 0 Å². The first-order chi connectivity index (χ1) is 14.6. The lowest BCUT2D eigenvalue weighted by Crippen LogP contribution is -2.58. The predicted octanol–water partition coefficient (Wildman–Crippen LogP) is 4.47. The van der Waals surface area contributed by atoms with E-state index in [-0.39, 0.29) is 11.4 Å². The number of carbonyl (C=O) groups excluding carboxylic acids is 1. The number of nitrogens with zero attached hydrogens (tertiary/aromatic N) is 3. The molecule has 1 saturated carbocycles. The van der Waals surface area contributed by atoms with Gasteiger partial charge in [-0.05, 0) is 58.2 Å². The van der Waals surface area contributed by atoms with Crippen LogP contribution in [-0.4, -0.2) is 45.8 Å². The minimum atomic E-state index is 0.0336. The Hall–Kier alpha value is -2.14. The molecule has 0 unspecified atom stereocenters. The van der Waals surface area contributed by atoms with E-state index in [2.05, 4.69) is 27.4 Å². The summed E-state index contributed by atoms with van der Waals surface area (Å²) in [5.74, 6) is 0.0336. The predicted molar refractivity (Wildman–Crippen MR) is 121 cm³/mol. The van der Waals surface area contributed by atoms with Crippen LogP contribution in [0.15, 0.2) is 30.3 Å². The fraction of sp³-hybridized carbons (Fsp3) is 0.600. The number of aromatic nitrogens is 2. The van der Waals surface area contributed by atoms with E-state index in [1.807, 2.05) is 36.7 Å². The minimum absolute atomic E-state index is 0.0336. The van der Waals surface area contributed by atoms with Crippen molar-refractivity contribution in [3.63, 3.8) is 0 Å². The number of rotatable bonds is 6. The molecule has 1 saturated heterocycles. The summed E-state index contributed by atoms with van der Waals surface area (Å²) >= 11 is 0. The van der Waals surface area contributed by atoms with E-state index < -0.39 is 0 Å². The quantitative estimate of drug-likeness (QED) is 0.767. The van der Waals surface area contributed by atoms with Gasteiger partial charge in [-0.25, -0.2) is 0 Å². The number of nitrogens with one attached hydrogen (secondary N) is 1. The number of hydrogen-bond acceptors (Lipinski definition) is 3. The van der Waals surface area contributed by atoms with Crippen molar-refractivity contribution >= 4 is 5.91 Å². The Labute approximate surface area is 180 Å². The molecule has 1 aliphatic carbocycles. The Balaban J connectivity index is 1.47. The highest BCUT2D eigenvalue weighted by Crippen LogP contribution is 2.35. The molecule has 0 bridgehead atoms. The van der Waals surface area contributed by atoms with E-state index in [4.69, 9.17) is 0 Å². The van der Waals surface area contributed by atoms with Gasteiger partial charge >= 0.3 is 0 Å². The largest absolute Gasteiger partial charge is 0.350 e. The van der Waals surface area contributed by atoms with Crippen LogP contribution in [0.2, 0.25) is 0 Å². The van der Waals surface area contributed by atoms with Gasteiger partial charge < -0.3 is 5.32 Å². The van der Waals surface area contributed by atoms with E-state index in [0.29, 0.717) is 6.54 Å². The summed E-state index contributed by atoms with van der Waals surface area (Å²) in [5.41, 5.74) is 3.86. The fourth-order valence-corrected chi connectivity index (χ4v) is 5.45.